The van der Waals surface area contributed by atoms with Gasteiger partial charge in [-0.15, -0.1) is 0 Å². The quantitative estimate of drug-likeness (QED) is 0.525. The maximum Gasteiger partial charge on any atom is 0.251 e. The number of carbonyl (C=O) groups is 1. The summed E-state index contributed by atoms with van der Waals surface area (Å²) < 4.78 is 5.43. The summed E-state index contributed by atoms with van der Waals surface area (Å²) in [5.74, 6) is -0.354. The van der Waals surface area contributed by atoms with Crippen molar-refractivity contribution in [3.05, 3.63) is 47.7 Å². The predicted molar refractivity (Wildman–Crippen MR) is 91.3 cm³/mol. The van der Waals surface area contributed by atoms with Gasteiger partial charge in [0.25, 0.3) is 5.91 Å². The van der Waals surface area contributed by atoms with Gasteiger partial charge in [-0.3, -0.25) is 9.69 Å². The van der Waals surface area contributed by atoms with Gasteiger partial charge in [-0.1, -0.05) is 29.8 Å². The molecule has 3 rings (SSSR count). The molecule has 3 unspecified atom stereocenters. The Morgan fingerprint density at radius 3 is 2.42 bits per heavy atom. The van der Waals surface area contributed by atoms with E-state index in [1.54, 1.807) is 0 Å². The number of benzene rings is 1. The van der Waals surface area contributed by atoms with Gasteiger partial charge in [0.2, 0.25) is 6.35 Å². The number of rotatable bonds is 5. The van der Waals surface area contributed by atoms with Gasteiger partial charge in [0.15, 0.2) is 6.23 Å². The van der Waals surface area contributed by atoms with E-state index in [9.17, 15) is 25.2 Å². The fraction of sp³-hybridized carbons (Fsp3) is 0.500. The van der Waals surface area contributed by atoms with Gasteiger partial charge in [0.1, 0.15) is 18.3 Å². The Morgan fingerprint density at radius 1 is 1.12 bits per heavy atom. The summed E-state index contributed by atoms with van der Waals surface area (Å²) in [4.78, 5) is 14.7. The van der Waals surface area contributed by atoms with Crippen LogP contribution in [0.15, 0.2) is 36.5 Å². The SMILES string of the molecule is Cc1ccc(CCN2C(=O)C=CN([C@@H]3O[C@H](CO)C(O)C3O)C2O)cc1. The molecule has 8 heteroatoms. The summed E-state index contributed by atoms with van der Waals surface area (Å²) in [5, 5.41) is 39.8. The maximum absolute atomic E-state index is 12.2. The van der Waals surface area contributed by atoms with E-state index in [-0.39, 0.29) is 12.5 Å². The number of nitrogens with zero attached hydrogens (tertiary/aromatic N) is 2. The van der Waals surface area contributed by atoms with E-state index in [1.165, 1.54) is 22.1 Å². The van der Waals surface area contributed by atoms with Crippen LogP contribution in [-0.2, 0) is 16.0 Å². The molecular weight excluding hydrogens is 340 g/mol. The Hall–Kier alpha value is -1.97. The first-order valence-electron chi connectivity index (χ1n) is 8.54. The number of hydrogen-bond donors (Lipinski definition) is 4. The molecule has 8 nitrogen and oxygen atoms in total. The molecule has 0 saturated carbocycles. The van der Waals surface area contributed by atoms with Crippen LogP contribution in [0.3, 0.4) is 0 Å². The monoisotopic (exact) mass is 364 g/mol. The van der Waals surface area contributed by atoms with Crippen LogP contribution < -0.4 is 0 Å². The molecular formula is C18H24N2O6. The number of aliphatic hydroxyl groups is 4. The summed E-state index contributed by atoms with van der Waals surface area (Å²) in [6.45, 7) is 1.81. The molecule has 5 atom stereocenters. The number of hydrogen-bond acceptors (Lipinski definition) is 7. The highest BCUT2D eigenvalue weighted by Crippen LogP contribution is 2.27. The first-order chi connectivity index (χ1) is 12.4. The van der Waals surface area contributed by atoms with E-state index in [1.807, 2.05) is 31.2 Å². The zero-order valence-electron chi connectivity index (χ0n) is 14.5. The van der Waals surface area contributed by atoms with E-state index in [0.717, 1.165) is 11.1 Å². The molecule has 0 aromatic heterocycles. The van der Waals surface area contributed by atoms with Crippen molar-refractivity contribution in [2.24, 2.45) is 0 Å². The summed E-state index contributed by atoms with van der Waals surface area (Å²) in [5.41, 5.74) is 2.17. The fourth-order valence-electron chi connectivity index (χ4n) is 3.17. The maximum atomic E-state index is 12.2. The summed E-state index contributed by atoms with van der Waals surface area (Å²) >= 11 is 0. The minimum absolute atomic E-state index is 0.276. The van der Waals surface area contributed by atoms with E-state index < -0.39 is 37.5 Å². The molecule has 2 aliphatic rings. The largest absolute Gasteiger partial charge is 0.394 e. The number of carbonyl (C=O) groups excluding carboxylic acids is 1. The van der Waals surface area contributed by atoms with Gasteiger partial charge < -0.3 is 30.1 Å². The first kappa shape index (κ1) is 18.8. The molecule has 0 aliphatic carbocycles. The fourth-order valence-corrected chi connectivity index (χ4v) is 3.17. The van der Waals surface area contributed by atoms with Crippen LogP contribution in [0, 0.1) is 6.92 Å². The van der Waals surface area contributed by atoms with E-state index in [2.05, 4.69) is 0 Å². The normalized spacial score (nSPS) is 31.7. The Morgan fingerprint density at radius 2 is 1.81 bits per heavy atom. The van der Waals surface area contributed by atoms with E-state index in [4.69, 9.17) is 4.74 Å². The van der Waals surface area contributed by atoms with Crippen LogP contribution in [0.1, 0.15) is 11.1 Å². The van der Waals surface area contributed by atoms with Crippen molar-refractivity contribution in [1.82, 2.24) is 9.80 Å². The zero-order chi connectivity index (χ0) is 18.8. The lowest BCUT2D eigenvalue weighted by molar-refractivity contribution is -0.190. The topological polar surface area (TPSA) is 114 Å². The van der Waals surface area contributed by atoms with Crippen molar-refractivity contribution in [1.29, 1.82) is 0 Å². The third-order valence-corrected chi connectivity index (χ3v) is 4.79. The van der Waals surface area contributed by atoms with Crippen molar-refractivity contribution in [2.75, 3.05) is 13.2 Å². The highest BCUT2D eigenvalue weighted by atomic mass is 16.6. The number of aliphatic hydroxyl groups excluding tert-OH is 4. The van der Waals surface area contributed by atoms with Crippen molar-refractivity contribution in [2.45, 2.75) is 44.2 Å². The molecule has 1 amide bonds. The molecule has 1 aromatic carbocycles. The number of amides is 1. The molecule has 2 aliphatic heterocycles. The summed E-state index contributed by atoms with van der Waals surface area (Å²) in [7, 11) is 0. The van der Waals surface area contributed by atoms with Crippen LogP contribution >= 0.6 is 0 Å². The molecule has 0 spiro atoms. The zero-order valence-corrected chi connectivity index (χ0v) is 14.5. The Kier molecular flexibility index (Phi) is 5.59. The van der Waals surface area contributed by atoms with Gasteiger partial charge in [0.05, 0.1) is 6.61 Å². The Balaban J connectivity index is 1.69. The summed E-state index contributed by atoms with van der Waals surface area (Å²) in [6.07, 6.45) is -2.80. The highest BCUT2D eigenvalue weighted by molar-refractivity contribution is 5.88. The van der Waals surface area contributed by atoms with Crippen LogP contribution in [0.5, 0.6) is 0 Å². The molecule has 0 radical (unpaired) electrons. The third-order valence-electron chi connectivity index (χ3n) is 4.79. The van der Waals surface area contributed by atoms with Crippen molar-refractivity contribution in [3.63, 3.8) is 0 Å². The Bertz CT molecular complexity index is 664. The second-order valence-corrected chi connectivity index (χ2v) is 6.61. The molecule has 2 heterocycles. The molecule has 26 heavy (non-hydrogen) atoms. The van der Waals surface area contributed by atoms with Gasteiger partial charge in [-0.2, -0.15) is 0 Å². The lowest BCUT2D eigenvalue weighted by Gasteiger charge is -2.41. The van der Waals surface area contributed by atoms with Crippen molar-refractivity contribution >= 4 is 5.91 Å². The van der Waals surface area contributed by atoms with Crippen molar-refractivity contribution < 1.29 is 30.0 Å². The predicted octanol–water partition coefficient (Wildman–Crippen LogP) is -1.09. The Labute approximate surface area is 151 Å². The standard InChI is InChI=1S/C18H24N2O6/c1-11-2-4-12(5-3-11)6-8-19-14(22)7-9-20(18(19)25)17-16(24)15(23)13(10-21)26-17/h2-5,7,9,13,15-18,21,23-25H,6,8,10H2,1H3/t13-,15?,16?,17-,18?/m1/s1. The average Bonchev–Trinajstić information content (AvgIpc) is 2.91. The summed E-state index contributed by atoms with van der Waals surface area (Å²) in [6, 6.07) is 7.90. The highest BCUT2D eigenvalue weighted by Gasteiger charge is 2.47. The molecule has 4 N–H and O–H groups in total. The lowest BCUT2D eigenvalue weighted by Crippen LogP contribution is -2.57. The minimum atomic E-state index is -1.35. The van der Waals surface area contributed by atoms with E-state index in [0.29, 0.717) is 6.42 Å². The number of aryl methyl sites for hydroxylation is 1. The van der Waals surface area contributed by atoms with E-state index >= 15 is 0 Å². The van der Waals surface area contributed by atoms with Crippen LogP contribution in [0.25, 0.3) is 0 Å². The van der Waals surface area contributed by atoms with Crippen molar-refractivity contribution in [3.8, 4) is 0 Å². The van der Waals surface area contributed by atoms with Gasteiger partial charge in [0, 0.05) is 18.8 Å². The van der Waals surface area contributed by atoms with Crippen LogP contribution in [0.4, 0.5) is 0 Å². The third kappa shape index (κ3) is 3.60. The molecule has 0 bridgehead atoms. The molecule has 1 saturated heterocycles. The van der Waals surface area contributed by atoms with Gasteiger partial charge in [-0.25, -0.2) is 0 Å². The number of ether oxygens (including phenoxy) is 1. The second-order valence-electron chi connectivity index (χ2n) is 6.61. The van der Waals surface area contributed by atoms with Crippen LogP contribution in [0.2, 0.25) is 0 Å². The average molecular weight is 364 g/mol. The molecule has 1 fully saturated rings. The molecule has 1 aromatic rings. The smallest absolute Gasteiger partial charge is 0.251 e. The minimum Gasteiger partial charge on any atom is -0.394 e. The molecule has 142 valence electrons. The van der Waals surface area contributed by atoms with Gasteiger partial charge >= 0.3 is 0 Å². The first-order valence-corrected chi connectivity index (χ1v) is 8.54. The van der Waals surface area contributed by atoms with Crippen LogP contribution in [-0.4, -0.2) is 80.2 Å². The van der Waals surface area contributed by atoms with Gasteiger partial charge in [-0.05, 0) is 18.9 Å². The lowest BCUT2D eigenvalue weighted by atomic mass is 10.1. The second kappa shape index (κ2) is 7.73.